The molecular weight excluding hydrogens is 425 g/mol. The third kappa shape index (κ3) is 6.81. The number of unbranched alkanes of at least 4 members (excludes halogenated alkanes) is 1. The second-order valence-electron chi connectivity index (χ2n) is 5.00. The van der Waals surface area contributed by atoms with E-state index in [1.807, 2.05) is 18.4 Å². The minimum atomic E-state index is 0. The summed E-state index contributed by atoms with van der Waals surface area (Å²) in [5, 5.41) is 15.3. The summed E-state index contributed by atoms with van der Waals surface area (Å²) in [6.45, 7) is 6.67. The van der Waals surface area contributed by atoms with Gasteiger partial charge in [0.15, 0.2) is 5.96 Å². The molecule has 0 aromatic carbocycles. The van der Waals surface area contributed by atoms with Crippen LogP contribution in [0.15, 0.2) is 17.6 Å². The van der Waals surface area contributed by atoms with Gasteiger partial charge in [0, 0.05) is 25.0 Å². The zero-order valence-electron chi connectivity index (χ0n) is 13.7. The molecule has 0 saturated carbocycles. The van der Waals surface area contributed by atoms with Gasteiger partial charge in [-0.2, -0.15) is 0 Å². The van der Waals surface area contributed by atoms with Gasteiger partial charge in [0.25, 0.3) is 0 Å². The minimum absolute atomic E-state index is 0. The SMILES string of the molecule is CN=C(NCCCCn1cnnc1)NCc1sc(C)nc1C.I. The van der Waals surface area contributed by atoms with E-state index in [4.69, 9.17) is 0 Å². The lowest BCUT2D eigenvalue weighted by Gasteiger charge is -2.11. The Morgan fingerprint density at radius 1 is 1.22 bits per heavy atom. The Labute approximate surface area is 158 Å². The molecule has 0 saturated heterocycles. The first-order chi connectivity index (χ1) is 10.7. The Balaban J connectivity index is 0.00000264. The summed E-state index contributed by atoms with van der Waals surface area (Å²) in [4.78, 5) is 9.93. The number of halogens is 1. The quantitative estimate of drug-likeness (QED) is 0.293. The second-order valence-corrected chi connectivity index (χ2v) is 6.29. The lowest BCUT2D eigenvalue weighted by molar-refractivity contribution is 0.598. The third-order valence-electron chi connectivity index (χ3n) is 3.24. The maximum atomic E-state index is 4.43. The van der Waals surface area contributed by atoms with Crippen LogP contribution in [-0.4, -0.2) is 39.3 Å². The van der Waals surface area contributed by atoms with Gasteiger partial charge in [-0.15, -0.1) is 45.5 Å². The third-order valence-corrected chi connectivity index (χ3v) is 4.31. The van der Waals surface area contributed by atoms with E-state index in [-0.39, 0.29) is 24.0 Å². The van der Waals surface area contributed by atoms with Crippen molar-refractivity contribution in [2.45, 2.75) is 39.8 Å². The van der Waals surface area contributed by atoms with Crippen LogP contribution < -0.4 is 10.6 Å². The van der Waals surface area contributed by atoms with E-state index in [2.05, 4.69) is 30.8 Å². The molecule has 0 aliphatic heterocycles. The summed E-state index contributed by atoms with van der Waals surface area (Å²) in [6, 6.07) is 0. The van der Waals surface area contributed by atoms with Gasteiger partial charge >= 0.3 is 0 Å². The summed E-state index contributed by atoms with van der Waals surface area (Å²) in [5.74, 6) is 0.828. The molecule has 128 valence electrons. The van der Waals surface area contributed by atoms with E-state index >= 15 is 0 Å². The fourth-order valence-electron chi connectivity index (χ4n) is 2.09. The van der Waals surface area contributed by atoms with Gasteiger partial charge in [-0.05, 0) is 26.7 Å². The largest absolute Gasteiger partial charge is 0.356 e. The van der Waals surface area contributed by atoms with Crippen LogP contribution in [0.1, 0.15) is 28.4 Å². The molecule has 0 aliphatic rings. The van der Waals surface area contributed by atoms with Crippen LogP contribution in [0.5, 0.6) is 0 Å². The molecular formula is C14H24IN7S. The average molecular weight is 449 g/mol. The predicted molar refractivity (Wildman–Crippen MR) is 104 cm³/mol. The topological polar surface area (TPSA) is 80.0 Å². The lowest BCUT2D eigenvalue weighted by atomic mass is 10.3. The van der Waals surface area contributed by atoms with Crippen molar-refractivity contribution in [1.82, 2.24) is 30.4 Å². The van der Waals surface area contributed by atoms with Crippen molar-refractivity contribution in [3.05, 3.63) is 28.2 Å². The Hall–Kier alpha value is -1.23. The van der Waals surface area contributed by atoms with Crippen molar-refractivity contribution < 1.29 is 0 Å². The van der Waals surface area contributed by atoms with Gasteiger partial charge in [-0.25, -0.2) is 4.98 Å². The smallest absolute Gasteiger partial charge is 0.191 e. The van der Waals surface area contributed by atoms with E-state index in [9.17, 15) is 0 Å². The average Bonchev–Trinajstić information content (AvgIpc) is 3.11. The molecule has 9 heteroatoms. The molecule has 0 radical (unpaired) electrons. The molecule has 0 spiro atoms. The van der Waals surface area contributed by atoms with E-state index in [1.165, 1.54) is 4.88 Å². The van der Waals surface area contributed by atoms with Crippen molar-refractivity contribution in [2.75, 3.05) is 13.6 Å². The van der Waals surface area contributed by atoms with Crippen LogP contribution >= 0.6 is 35.3 Å². The highest BCUT2D eigenvalue weighted by Crippen LogP contribution is 2.16. The number of nitrogens with zero attached hydrogens (tertiary/aromatic N) is 5. The predicted octanol–water partition coefficient (Wildman–Crippen LogP) is 2.11. The lowest BCUT2D eigenvalue weighted by Crippen LogP contribution is -2.37. The van der Waals surface area contributed by atoms with Crippen LogP contribution in [-0.2, 0) is 13.1 Å². The first kappa shape index (κ1) is 19.8. The molecule has 0 atom stereocenters. The normalized spacial score (nSPS) is 11.2. The molecule has 2 heterocycles. The summed E-state index contributed by atoms with van der Waals surface area (Å²) in [6.07, 6.45) is 5.63. The summed E-state index contributed by atoms with van der Waals surface area (Å²) in [7, 11) is 1.79. The van der Waals surface area contributed by atoms with Crippen LogP contribution in [0.25, 0.3) is 0 Å². The first-order valence-electron chi connectivity index (χ1n) is 7.39. The number of aliphatic imine (C=N–C) groups is 1. The molecule has 0 unspecified atom stereocenters. The molecule has 2 aromatic rings. The molecule has 2 N–H and O–H groups in total. The van der Waals surface area contributed by atoms with Gasteiger partial charge in [-0.1, -0.05) is 0 Å². The van der Waals surface area contributed by atoms with E-state index in [0.29, 0.717) is 0 Å². The number of thiazole rings is 1. The highest BCUT2D eigenvalue weighted by molar-refractivity contribution is 14.0. The fraction of sp³-hybridized carbons (Fsp3) is 0.571. The van der Waals surface area contributed by atoms with Crippen molar-refractivity contribution >= 4 is 41.3 Å². The second kappa shape index (κ2) is 10.5. The van der Waals surface area contributed by atoms with Crippen LogP contribution in [0.2, 0.25) is 0 Å². The summed E-state index contributed by atoms with van der Waals surface area (Å²) in [5.41, 5.74) is 1.10. The molecule has 7 nitrogen and oxygen atoms in total. The molecule has 0 fully saturated rings. The van der Waals surface area contributed by atoms with Gasteiger partial charge in [0.2, 0.25) is 0 Å². The molecule has 0 amide bonds. The number of hydrogen-bond acceptors (Lipinski definition) is 5. The maximum absolute atomic E-state index is 4.43. The van der Waals surface area contributed by atoms with Gasteiger partial charge < -0.3 is 15.2 Å². The molecule has 0 aliphatic carbocycles. The number of aromatic nitrogens is 4. The Bertz CT molecular complexity index is 594. The Morgan fingerprint density at radius 3 is 2.57 bits per heavy atom. The van der Waals surface area contributed by atoms with E-state index in [0.717, 1.165) is 49.1 Å². The number of hydrogen-bond donors (Lipinski definition) is 2. The first-order valence-corrected chi connectivity index (χ1v) is 8.20. The standard InChI is InChI=1S/C14H23N7S.HI/c1-11-13(22-12(2)20-11)8-17-14(15-3)16-6-4-5-7-21-9-18-19-10-21;/h9-10H,4-8H2,1-3H3,(H2,15,16,17);1H. The fourth-order valence-corrected chi connectivity index (χ4v) is 2.96. The van der Waals surface area contributed by atoms with Gasteiger partial charge in [0.05, 0.1) is 17.2 Å². The van der Waals surface area contributed by atoms with Crippen LogP contribution in [0.3, 0.4) is 0 Å². The zero-order chi connectivity index (χ0) is 15.8. The van der Waals surface area contributed by atoms with E-state index in [1.54, 1.807) is 31.0 Å². The number of rotatable bonds is 7. The molecule has 23 heavy (non-hydrogen) atoms. The molecule has 0 bridgehead atoms. The summed E-state index contributed by atoms with van der Waals surface area (Å²) >= 11 is 1.73. The zero-order valence-corrected chi connectivity index (χ0v) is 16.9. The monoisotopic (exact) mass is 449 g/mol. The molecule has 2 rings (SSSR count). The van der Waals surface area contributed by atoms with Gasteiger partial charge in [0.1, 0.15) is 12.7 Å². The maximum Gasteiger partial charge on any atom is 0.191 e. The Kier molecular flexibility index (Phi) is 9.07. The number of aryl methyl sites for hydroxylation is 3. The van der Waals surface area contributed by atoms with Gasteiger partial charge in [-0.3, -0.25) is 4.99 Å². The highest BCUT2D eigenvalue weighted by atomic mass is 127. The van der Waals surface area contributed by atoms with E-state index < -0.39 is 0 Å². The van der Waals surface area contributed by atoms with Crippen LogP contribution in [0, 0.1) is 13.8 Å². The van der Waals surface area contributed by atoms with Crippen molar-refractivity contribution in [3.63, 3.8) is 0 Å². The van der Waals surface area contributed by atoms with Crippen molar-refractivity contribution in [3.8, 4) is 0 Å². The molecule has 2 aromatic heterocycles. The Morgan fingerprint density at radius 2 is 1.96 bits per heavy atom. The van der Waals surface area contributed by atoms with Crippen molar-refractivity contribution in [1.29, 1.82) is 0 Å². The highest BCUT2D eigenvalue weighted by Gasteiger charge is 2.05. The van der Waals surface area contributed by atoms with Crippen molar-refractivity contribution in [2.24, 2.45) is 4.99 Å². The minimum Gasteiger partial charge on any atom is -0.356 e. The number of nitrogens with one attached hydrogen (secondary N) is 2. The number of guanidine groups is 1. The summed E-state index contributed by atoms with van der Waals surface area (Å²) < 4.78 is 1.99. The van der Waals surface area contributed by atoms with Crippen LogP contribution in [0.4, 0.5) is 0 Å².